The van der Waals surface area contributed by atoms with Crippen LogP contribution in [0, 0.1) is 11.3 Å². The number of rotatable bonds is 7. The van der Waals surface area contributed by atoms with Crippen LogP contribution >= 0.6 is 0 Å². The van der Waals surface area contributed by atoms with Crippen molar-refractivity contribution in [3.63, 3.8) is 0 Å². The third kappa shape index (κ3) is 6.80. The van der Waals surface area contributed by atoms with Crippen molar-refractivity contribution in [3.05, 3.63) is 0 Å². The molecule has 1 aliphatic rings. The molecule has 0 aliphatic heterocycles. The molecule has 23 heavy (non-hydrogen) atoms. The first kappa shape index (κ1) is 19.8. The average Bonchev–Trinajstić information content (AvgIpc) is 2.54. The van der Waals surface area contributed by atoms with Gasteiger partial charge in [0.05, 0.1) is 12.0 Å². The Bertz CT molecular complexity index is 384. The van der Waals surface area contributed by atoms with E-state index in [0.29, 0.717) is 19.1 Å². The zero-order valence-electron chi connectivity index (χ0n) is 15.7. The van der Waals surface area contributed by atoms with E-state index in [9.17, 15) is 4.79 Å². The van der Waals surface area contributed by atoms with Gasteiger partial charge in [-0.1, -0.05) is 13.3 Å². The predicted molar refractivity (Wildman–Crippen MR) is 97.6 cm³/mol. The zero-order valence-corrected chi connectivity index (χ0v) is 15.7. The van der Waals surface area contributed by atoms with Crippen LogP contribution in [-0.2, 0) is 4.79 Å². The van der Waals surface area contributed by atoms with Gasteiger partial charge in [-0.05, 0) is 59.3 Å². The van der Waals surface area contributed by atoms with E-state index in [2.05, 4.69) is 34.8 Å². The number of nitrogens with zero attached hydrogens (tertiary/aromatic N) is 1. The first-order valence-corrected chi connectivity index (χ1v) is 9.26. The van der Waals surface area contributed by atoms with Crippen LogP contribution in [0.25, 0.3) is 0 Å². The van der Waals surface area contributed by atoms with E-state index in [0.717, 1.165) is 18.4 Å². The normalized spacial score (nSPS) is 22.6. The number of amides is 1. The lowest BCUT2D eigenvalue weighted by atomic mass is 9.84. The predicted octanol–water partition coefficient (Wildman–Crippen LogP) is 2.67. The van der Waals surface area contributed by atoms with Crippen molar-refractivity contribution < 1.29 is 4.79 Å². The highest BCUT2D eigenvalue weighted by Gasteiger charge is 2.27. The standard InChI is InChI=1S/C18H36N4O/c1-6-14-9-11-15(12-10-14)22-17(20-8-3)21-13-18(4,5)16(23)19-7-2/h14-15H,6-13H2,1-5H3,(H,19,23)(H2,20,21,22). The Hall–Kier alpha value is -1.26. The van der Waals surface area contributed by atoms with Crippen LogP contribution in [0.15, 0.2) is 4.99 Å². The summed E-state index contributed by atoms with van der Waals surface area (Å²) in [6.07, 6.45) is 6.32. The van der Waals surface area contributed by atoms with Crippen LogP contribution in [-0.4, -0.2) is 37.5 Å². The van der Waals surface area contributed by atoms with E-state index >= 15 is 0 Å². The van der Waals surface area contributed by atoms with Gasteiger partial charge in [-0.3, -0.25) is 9.79 Å². The van der Waals surface area contributed by atoms with Crippen molar-refractivity contribution in [2.75, 3.05) is 19.6 Å². The van der Waals surface area contributed by atoms with Gasteiger partial charge >= 0.3 is 0 Å². The maximum Gasteiger partial charge on any atom is 0.227 e. The summed E-state index contributed by atoms with van der Waals surface area (Å²) in [6.45, 7) is 12.2. The largest absolute Gasteiger partial charge is 0.357 e. The van der Waals surface area contributed by atoms with Gasteiger partial charge < -0.3 is 16.0 Å². The van der Waals surface area contributed by atoms with E-state index in [1.54, 1.807) is 0 Å². The number of carbonyl (C=O) groups excluding carboxylic acids is 1. The maximum atomic E-state index is 12.1. The van der Waals surface area contributed by atoms with Gasteiger partial charge in [0, 0.05) is 19.1 Å². The summed E-state index contributed by atoms with van der Waals surface area (Å²) >= 11 is 0. The molecular formula is C18H36N4O. The van der Waals surface area contributed by atoms with Crippen molar-refractivity contribution in [2.24, 2.45) is 16.3 Å². The first-order chi connectivity index (χ1) is 10.9. The fraction of sp³-hybridized carbons (Fsp3) is 0.889. The summed E-state index contributed by atoms with van der Waals surface area (Å²) in [7, 11) is 0. The number of nitrogens with one attached hydrogen (secondary N) is 3. The molecule has 0 heterocycles. The van der Waals surface area contributed by atoms with E-state index in [1.807, 2.05) is 20.8 Å². The molecule has 1 rings (SSSR count). The second-order valence-electron chi connectivity index (χ2n) is 7.21. The van der Waals surface area contributed by atoms with Crippen LogP contribution in [0.1, 0.15) is 66.7 Å². The molecule has 1 fully saturated rings. The fourth-order valence-electron chi connectivity index (χ4n) is 2.98. The molecule has 0 aromatic heterocycles. The molecule has 0 bridgehead atoms. The summed E-state index contributed by atoms with van der Waals surface area (Å²) in [5.74, 6) is 1.79. The lowest BCUT2D eigenvalue weighted by molar-refractivity contribution is -0.128. The van der Waals surface area contributed by atoms with Gasteiger partial charge in [0.2, 0.25) is 5.91 Å². The Morgan fingerprint density at radius 2 is 1.65 bits per heavy atom. The number of aliphatic imine (C=N–C) groups is 1. The number of hydrogen-bond acceptors (Lipinski definition) is 2. The molecule has 3 N–H and O–H groups in total. The highest BCUT2D eigenvalue weighted by molar-refractivity contribution is 5.83. The Labute approximate surface area is 142 Å². The zero-order chi connectivity index (χ0) is 17.3. The van der Waals surface area contributed by atoms with E-state index in [4.69, 9.17) is 0 Å². The Kier molecular flexibility index (Phi) is 8.42. The summed E-state index contributed by atoms with van der Waals surface area (Å²) in [5.41, 5.74) is -0.488. The van der Waals surface area contributed by atoms with Crippen molar-refractivity contribution in [2.45, 2.75) is 72.8 Å². The van der Waals surface area contributed by atoms with Gasteiger partial charge in [0.1, 0.15) is 0 Å². The van der Waals surface area contributed by atoms with Gasteiger partial charge in [-0.25, -0.2) is 0 Å². The van der Waals surface area contributed by atoms with Gasteiger partial charge in [-0.15, -0.1) is 0 Å². The SMILES string of the molecule is CCNC(=O)C(C)(C)CN=C(NCC)NC1CCC(CC)CC1. The van der Waals surface area contributed by atoms with Crippen molar-refractivity contribution >= 4 is 11.9 Å². The molecule has 1 saturated carbocycles. The smallest absolute Gasteiger partial charge is 0.227 e. The van der Waals surface area contributed by atoms with E-state index in [1.165, 1.54) is 32.1 Å². The van der Waals surface area contributed by atoms with Crippen molar-refractivity contribution in [1.82, 2.24) is 16.0 Å². The summed E-state index contributed by atoms with van der Waals surface area (Å²) in [4.78, 5) is 16.7. The highest BCUT2D eigenvalue weighted by atomic mass is 16.2. The van der Waals surface area contributed by atoms with Gasteiger partial charge in [0.15, 0.2) is 5.96 Å². The second kappa shape index (κ2) is 9.78. The molecule has 0 aromatic carbocycles. The molecule has 0 atom stereocenters. The summed E-state index contributed by atoms with van der Waals surface area (Å²) in [6, 6.07) is 0.503. The van der Waals surface area contributed by atoms with E-state index in [-0.39, 0.29) is 5.91 Å². The summed E-state index contributed by atoms with van der Waals surface area (Å²) in [5, 5.41) is 9.74. The number of guanidine groups is 1. The fourth-order valence-corrected chi connectivity index (χ4v) is 2.98. The molecule has 1 amide bonds. The molecule has 0 saturated heterocycles. The lowest BCUT2D eigenvalue weighted by Crippen LogP contribution is -2.46. The minimum Gasteiger partial charge on any atom is -0.357 e. The molecular weight excluding hydrogens is 288 g/mol. The van der Waals surface area contributed by atoms with Crippen molar-refractivity contribution in [1.29, 1.82) is 0 Å². The van der Waals surface area contributed by atoms with Crippen molar-refractivity contribution in [3.8, 4) is 0 Å². The van der Waals surface area contributed by atoms with Crippen LogP contribution in [0.3, 0.4) is 0 Å². The molecule has 0 aromatic rings. The molecule has 0 radical (unpaired) electrons. The second-order valence-corrected chi connectivity index (χ2v) is 7.21. The van der Waals surface area contributed by atoms with Crippen LogP contribution in [0.5, 0.6) is 0 Å². The maximum absolute atomic E-state index is 12.1. The van der Waals surface area contributed by atoms with Crippen LogP contribution in [0.4, 0.5) is 0 Å². The monoisotopic (exact) mass is 324 g/mol. The average molecular weight is 325 g/mol. The molecule has 5 heteroatoms. The number of hydrogen-bond donors (Lipinski definition) is 3. The molecule has 5 nitrogen and oxygen atoms in total. The minimum atomic E-state index is -0.488. The molecule has 134 valence electrons. The Morgan fingerprint density at radius 3 is 2.17 bits per heavy atom. The summed E-state index contributed by atoms with van der Waals surface area (Å²) < 4.78 is 0. The molecule has 1 aliphatic carbocycles. The molecule has 0 unspecified atom stereocenters. The lowest BCUT2D eigenvalue weighted by Gasteiger charge is -2.30. The third-order valence-electron chi connectivity index (χ3n) is 4.69. The third-order valence-corrected chi connectivity index (χ3v) is 4.69. The van der Waals surface area contributed by atoms with Gasteiger partial charge in [-0.2, -0.15) is 0 Å². The van der Waals surface area contributed by atoms with Gasteiger partial charge in [0.25, 0.3) is 0 Å². The van der Waals surface area contributed by atoms with E-state index < -0.39 is 5.41 Å². The topological polar surface area (TPSA) is 65.5 Å². The minimum absolute atomic E-state index is 0.0584. The number of carbonyl (C=O) groups is 1. The highest BCUT2D eigenvalue weighted by Crippen LogP contribution is 2.26. The van der Waals surface area contributed by atoms with Crippen LogP contribution < -0.4 is 16.0 Å². The Balaban J connectivity index is 2.58. The first-order valence-electron chi connectivity index (χ1n) is 9.26. The Morgan fingerprint density at radius 1 is 1.04 bits per heavy atom. The molecule has 0 spiro atoms. The van der Waals surface area contributed by atoms with Crippen LogP contribution in [0.2, 0.25) is 0 Å². The quantitative estimate of drug-likeness (QED) is 0.498.